The molecule has 0 unspecified atom stereocenters. The van der Waals surface area contributed by atoms with Crippen LogP contribution in [-0.2, 0) is 7.05 Å². The third-order valence-corrected chi connectivity index (χ3v) is 2.20. The molecular formula is C13H13N3. The predicted molar refractivity (Wildman–Crippen MR) is 65.0 cm³/mol. The van der Waals surface area contributed by atoms with Crippen molar-refractivity contribution in [2.75, 3.05) is 0 Å². The molecule has 1 aromatic carbocycles. The van der Waals surface area contributed by atoms with Crippen molar-refractivity contribution in [3.8, 4) is 0 Å². The standard InChI is InChI=1S/C8H8N2.C5H5N/c1-10-6-9-7-4-2-3-5-8(7)10;1-2-4-6-5-3-1/h2-6H,1H3;1-5H. The Balaban J connectivity index is 0.000000138. The molecule has 0 saturated heterocycles. The van der Waals surface area contributed by atoms with Crippen LogP contribution in [0.2, 0.25) is 0 Å². The molecule has 16 heavy (non-hydrogen) atoms. The van der Waals surface area contributed by atoms with Crippen LogP contribution >= 0.6 is 0 Å². The molecule has 0 aliphatic rings. The molecule has 0 saturated carbocycles. The number of hydrogen-bond donors (Lipinski definition) is 0. The number of fused-ring (bicyclic) bond motifs is 1. The molecule has 0 bridgehead atoms. The van der Waals surface area contributed by atoms with Crippen LogP contribution in [0.5, 0.6) is 0 Å². The van der Waals surface area contributed by atoms with Gasteiger partial charge in [0.05, 0.1) is 17.4 Å². The van der Waals surface area contributed by atoms with E-state index in [-0.39, 0.29) is 0 Å². The minimum absolute atomic E-state index is 1.06. The summed E-state index contributed by atoms with van der Waals surface area (Å²) in [5, 5.41) is 0. The molecule has 3 aromatic rings. The van der Waals surface area contributed by atoms with Gasteiger partial charge in [-0.15, -0.1) is 0 Å². The van der Waals surface area contributed by atoms with E-state index in [0.29, 0.717) is 0 Å². The zero-order valence-electron chi connectivity index (χ0n) is 9.12. The van der Waals surface area contributed by atoms with Crippen molar-refractivity contribution in [3.05, 3.63) is 61.2 Å². The van der Waals surface area contributed by atoms with E-state index in [1.807, 2.05) is 54.3 Å². The number of imidazole rings is 1. The average Bonchev–Trinajstić information content (AvgIpc) is 2.75. The highest BCUT2D eigenvalue weighted by Crippen LogP contribution is 2.08. The molecule has 0 aliphatic carbocycles. The zero-order valence-corrected chi connectivity index (χ0v) is 9.12. The first-order valence-corrected chi connectivity index (χ1v) is 5.09. The number of rotatable bonds is 0. The summed E-state index contributed by atoms with van der Waals surface area (Å²) in [5.41, 5.74) is 2.24. The van der Waals surface area contributed by atoms with Crippen LogP contribution in [0.15, 0.2) is 61.2 Å². The van der Waals surface area contributed by atoms with Crippen molar-refractivity contribution < 1.29 is 0 Å². The molecular weight excluding hydrogens is 198 g/mol. The van der Waals surface area contributed by atoms with Gasteiger partial charge >= 0.3 is 0 Å². The second kappa shape index (κ2) is 5.07. The maximum atomic E-state index is 4.18. The third-order valence-electron chi connectivity index (χ3n) is 2.20. The Morgan fingerprint density at radius 2 is 1.69 bits per heavy atom. The number of para-hydroxylation sites is 2. The minimum atomic E-state index is 1.06. The lowest BCUT2D eigenvalue weighted by Gasteiger charge is -1.90. The second-order valence-electron chi connectivity index (χ2n) is 3.37. The lowest BCUT2D eigenvalue weighted by Crippen LogP contribution is -1.81. The fraction of sp³-hybridized carbons (Fsp3) is 0.0769. The Bertz CT molecular complexity index is 516. The lowest BCUT2D eigenvalue weighted by molar-refractivity contribution is 0.948. The number of benzene rings is 1. The molecule has 80 valence electrons. The summed E-state index contributed by atoms with van der Waals surface area (Å²) < 4.78 is 2.01. The van der Waals surface area contributed by atoms with Gasteiger partial charge in [-0.25, -0.2) is 4.98 Å². The van der Waals surface area contributed by atoms with Crippen LogP contribution in [0.4, 0.5) is 0 Å². The summed E-state index contributed by atoms with van der Waals surface area (Å²) in [7, 11) is 2.00. The van der Waals surface area contributed by atoms with Crippen molar-refractivity contribution in [1.82, 2.24) is 14.5 Å². The molecule has 3 heteroatoms. The molecule has 3 nitrogen and oxygen atoms in total. The Hall–Kier alpha value is -2.16. The maximum absolute atomic E-state index is 4.18. The summed E-state index contributed by atoms with van der Waals surface area (Å²) in [6, 6.07) is 13.8. The van der Waals surface area contributed by atoms with Gasteiger partial charge in [-0.2, -0.15) is 0 Å². The van der Waals surface area contributed by atoms with Crippen molar-refractivity contribution in [2.24, 2.45) is 7.05 Å². The van der Waals surface area contributed by atoms with Gasteiger partial charge in [-0.05, 0) is 24.3 Å². The van der Waals surface area contributed by atoms with Crippen molar-refractivity contribution in [2.45, 2.75) is 0 Å². The van der Waals surface area contributed by atoms with Gasteiger partial charge in [-0.1, -0.05) is 18.2 Å². The summed E-state index contributed by atoms with van der Waals surface area (Å²) in [4.78, 5) is 7.97. The van der Waals surface area contributed by atoms with Crippen molar-refractivity contribution in [1.29, 1.82) is 0 Å². The van der Waals surface area contributed by atoms with Crippen LogP contribution in [0.25, 0.3) is 11.0 Å². The highest BCUT2D eigenvalue weighted by Gasteiger charge is 1.93. The molecule has 3 rings (SSSR count). The Morgan fingerprint density at radius 3 is 2.25 bits per heavy atom. The maximum Gasteiger partial charge on any atom is 0.0955 e. The van der Waals surface area contributed by atoms with E-state index in [9.17, 15) is 0 Å². The van der Waals surface area contributed by atoms with Gasteiger partial charge < -0.3 is 4.57 Å². The first kappa shape index (κ1) is 10.4. The predicted octanol–water partition coefficient (Wildman–Crippen LogP) is 2.65. The molecule has 0 amide bonds. The van der Waals surface area contributed by atoms with E-state index in [4.69, 9.17) is 0 Å². The number of hydrogen-bond acceptors (Lipinski definition) is 2. The van der Waals surface area contributed by atoms with E-state index in [1.54, 1.807) is 12.4 Å². The van der Waals surface area contributed by atoms with E-state index < -0.39 is 0 Å². The lowest BCUT2D eigenvalue weighted by atomic mass is 10.3. The quantitative estimate of drug-likeness (QED) is 0.572. The van der Waals surface area contributed by atoms with Crippen LogP contribution in [0.1, 0.15) is 0 Å². The van der Waals surface area contributed by atoms with Gasteiger partial charge in [0.25, 0.3) is 0 Å². The first-order valence-electron chi connectivity index (χ1n) is 5.09. The van der Waals surface area contributed by atoms with E-state index in [1.165, 1.54) is 5.52 Å². The van der Waals surface area contributed by atoms with Crippen molar-refractivity contribution >= 4 is 11.0 Å². The number of pyridine rings is 1. The van der Waals surface area contributed by atoms with E-state index in [2.05, 4.69) is 16.0 Å². The SMILES string of the molecule is Cn1cnc2ccccc21.c1ccncc1. The highest BCUT2D eigenvalue weighted by atomic mass is 15.0. The molecule has 0 aliphatic heterocycles. The topological polar surface area (TPSA) is 30.7 Å². The summed E-state index contributed by atoms with van der Waals surface area (Å²) in [5.74, 6) is 0. The zero-order chi connectivity index (χ0) is 11.2. The van der Waals surface area contributed by atoms with Crippen LogP contribution in [0.3, 0.4) is 0 Å². The Kier molecular flexibility index (Phi) is 3.28. The summed E-state index contributed by atoms with van der Waals surface area (Å²) in [6.07, 6.45) is 5.32. The van der Waals surface area contributed by atoms with Gasteiger partial charge in [0.1, 0.15) is 0 Å². The van der Waals surface area contributed by atoms with Crippen molar-refractivity contribution in [3.63, 3.8) is 0 Å². The van der Waals surface area contributed by atoms with Gasteiger partial charge in [0.15, 0.2) is 0 Å². The fourth-order valence-electron chi connectivity index (χ4n) is 1.40. The Morgan fingerprint density at radius 1 is 0.938 bits per heavy atom. The average molecular weight is 211 g/mol. The summed E-state index contributed by atoms with van der Waals surface area (Å²) >= 11 is 0. The van der Waals surface area contributed by atoms with Crippen LogP contribution < -0.4 is 0 Å². The molecule has 2 aromatic heterocycles. The third kappa shape index (κ3) is 2.45. The van der Waals surface area contributed by atoms with Gasteiger partial charge in [-0.3, -0.25) is 4.98 Å². The number of aryl methyl sites for hydroxylation is 1. The van der Waals surface area contributed by atoms with E-state index >= 15 is 0 Å². The van der Waals surface area contributed by atoms with Crippen LogP contribution in [-0.4, -0.2) is 14.5 Å². The van der Waals surface area contributed by atoms with Gasteiger partial charge in [0.2, 0.25) is 0 Å². The molecule has 0 radical (unpaired) electrons. The highest BCUT2D eigenvalue weighted by molar-refractivity contribution is 5.74. The minimum Gasteiger partial charge on any atom is -0.334 e. The number of aromatic nitrogens is 3. The molecule has 0 fully saturated rings. The fourth-order valence-corrected chi connectivity index (χ4v) is 1.40. The van der Waals surface area contributed by atoms with Gasteiger partial charge in [0, 0.05) is 19.4 Å². The first-order chi connectivity index (χ1) is 7.88. The van der Waals surface area contributed by atoms with E-state index in [0.717, 1.165) is 5.52 Å². The second-order valence-corrected chi connectivity index (χ2v) is 3.37. The number of nitrogens with zero attached hydrogens (tertiary/aromatic N) is 3. The molecule has 0 N–H and O–H groups in total. The van der Waals surface area contributed by atoms with Crippen LogP contribution in [0, 0.1) is 0 Å². The molecule has 2 heterocycles. The Labute approximate surface area is 94.4 Å². The summed E-state index contributed by atoms with van der Waals surface area (Å²) in [6.45, 7) is 0. The molecule has 0 atom stereocenters. The molecule has 0 spiro atoms. The monoisotopic (exact) mass is 211 g/mol. The normalized spacial score (nSPS) is 9.56. The smallest absolute Gasteiger partial charge is 0.0955 e. The largest absolute Gasteiger partial charge is 0.334 e.